The summed E-state index contributed by atoms with van der Waals surface area (Å²) in [5.74, 6) is -0.508. The van der Waals surface area contributed by atoms with Gasteiger partial charge in [0.15, 0.2) is 0 Å². The lowest BCUT2D eigenvalue weighted by Gasteiger charge is -2.12. The zero-order chi connectivity index (χ0) is 12.3. The summed E-state index contributed by atoms with van der Waals surface area (Å²) in [5, 5.41) is 0.0295. The van der Waals surface area contributed by atoms with Gasteiger partial charge in [-0.3, -0.25) is 0 Å². The Balaban J connectivity index is 3.00. The molecule has 0 N–H and O–H groups in total. The van der Waals surface area contributed by atoms with E-state index in [1.807, 2.05) is 0 Å². The first-order valence-corrected chi connectivity index (χ1v) is 5.18. The second kappa shape index (κ2) is 4.99. The largest absolute Gasteiger partial charge is 0.573 e. The topological polar surface area (TPSA) is 9.23 Å². The fourth-order valence-electron chi connectivity index (χ4n) is 1.11. The maximum absolute atomic E-state index is 12.4. The first-order valence-electron chi connectivity index (χ1n) is 4.06. The van der Waals surface area contributed by atoms with Crippen molar-refractivity contribution < 1.29 is 26.7 Å². The quantitative estimate of drug-likeness (QED) is 0.593. The zero-order valence-electron chi connectivity index (χ0n) is 7.69. The molecule has 1 nitrogen and oxygen atoms in total. The summed E-state index contributed by atoms with van der Waals surface area (Å²) in [6.45, 7) is 0. The highest BCUT2D eigenvalue weighted by Gasteiger charge is 2.31. The van der Waals surface area contributed by atoms with E-state index in [0.717, 1.165) is 18.2 Å². The van der Waals surface area contributed by atoms with Gasteiger partial charge < -0.3 is 4.74 Å². The molecule has 0 aliphatic heterocycles. The first kappa shape index (κ1) is 13.2. The lowest BCUT2D eigenvalue weighted by molar-refractivity contribution is -0.274. The number of hydrogen-bond acceptors (Lipinski definition) is 1. The third-order valence-electron chi connectivity index (χ3n) is 1.73. The van der Waals surface area contributed by atoms with E-state index in [4.69, 9.17) is 0 Å². The van der Waals surface area contributed by atoms with Gasteiger partial charge in [0.2, 0.25) is 0 Å². The molecule has 0 saturated heterocycles. The molecule has 0 saturated carbocycles. The predicted octanol–water partition coefficient (Wildman–Crippen LogP) is 4.42. The molecular weight excluding hydrogens is 299 g/mol. The molecule has 0 bridgehead atoms. The monoisotopic (exact) mass is 304 g/mol. The second-order valence-corrected chi connectivity index (χ2v) is 3.40. The molecule has 0 unspecified atom stereocenters. The summed E-state index contributed by atoms with van der Waals surface area (Å²) in [5.41, 5.74) is -0.247. The molecule has 0 aliphatic carbocycles. The lowest BCUT2D eigenvalue weighted by Crippen LogP contribution is -2.17. The van der Waals surface area contributed by atoms with Crippen molar-refractivity contribution >= 4 is 15.9 Å². The average Bonchev–Trinajstić information content (AvgIpc) is 2.14. The Morgan fingerprint density at radius 2 is 1.88 bits per heavy atom. The highest BCUT2D eigenvalue weighted by molar-refractivity contribution is 9.08. The fraction of sp³-hybridized carbons (Fsp3) is 0.333. The summed E-state index contributed by atoms with van der Waals surface area (Å²) < 4.78 is 64.0. The summed E-state index contributed by atoms with van der Waals surface area (Å²) >= 11 is 2.92. The van der Waals surface area contributed by atoms with Crippen molar-refractivity contribution in [1.82, 2.24) is 0 Å². The van der Waals surface area contributed by atoms with Crippen LogP contribution >= 0.6 is 15.9 Å². The molecule has 1 rings (SSSR count). The Bertz CT molecular complexity index is 363. The summed E-state index contributed by atoms with van der Waals surface area (Å²) in [6, 6.07) is 2.72. The maximum atomic E-state index is 12.4. The van der Waals surface area contributed by atoms with E-state index >= 15 is 0 Å². The zero-order valence-corrected chi connectivity index (χ0v) is 9.28. The number of alkyl halides is 6. The lowest BCUT2D eigenvalue weighted by atomic mass is 10.1. The van der Waals surface area contributed by atoms with Crippen LogP contribution in [0.4, 0.5) is 22.0 Å². The number of halogens is 6. The normalized spacial score (nSPS) is 11.9. The van der Waals surface area contributed by atoms with E-state index in [-0.39, 0.29) is 16.5 Å². The van der Waals surface area contributed by atoms with Crippen LogP contribution in [-0.2, 0) is 5.33 Å². The molecule has 0 aromatic heterocycles. The standard InChI is InChI=1S/C9H6BrF5O/c10-4-5-3-6(16-9(13,14)15)1-2-7(5)8(11)12/h1-3,8H,4H2. The Morgan fingerprint density at radius 3 is 2.31 bits per heavy atom. The molecule has 0 spiro atoms. The average molecular weight is 305 g/mol. The number of rotatable bonds is 3. The molecule has 0 radical (unpaired) electrons. The minimum atomic E-state index is -4.82. The highest BCUT2D eigenvalue weighted by Crippen LogP contribution is 2.30. The third kappa shape index (κ3) is 3.62. The van der Waals surface area contributed by atoms with Crippen LogP contribution in [0.5, 0.6) is 5.75 Å². The molecule has 1 aromatic rings. The van der Waals surface area contributed by atoms with E-state index in [1.165, 1.54) is 0 Å². The van der Waals surface area contributed by atoms with Crippen LogP contribution in [0.2, 0.25) is 0 Å². The predicted molar refractivity (Wildman–Crippen MR) is 50.7 cm³/mol. The summed E-state index contributed by atoms with van der Waals surface area (Å²) in [4.78, 5) is 0. The molecule has 1 aromatic carbocycles. The Kier molecular flexibility index (Phi) is 4.12. The molecule has 16 heavy (non-hydrogen) atoms. The van der Waals surface area contributed by atoms with Crippen LogP contribution in [0.3, 0.4) is 0 Å². The molecule has 90 valence electrons. The Labute approximate surface area is 96.3 Å². The minimum absolute atomic E-state index is 0.0295. The van der Waals surface area contributed by atoms with Crippen LogP contribution in [-0.4, -0.2) is 6.36 Å². The summed E-state index contributed by atoms with van der Waals surface area (Å²) in [6.07, 6.45) is -7.55. The number of ether oxygens (including phenoxy) is 1. The van der Waals surface area contributed by atoms with Gasteiger partial charge in [-0.1, -0.05) is 15.9 Å². The van der Waals surface area contributed by atoms with Crippen LogP contribution in [0.15, 0.2) is 18.2 Å². The van der Waals surface area contributed by atoms with E-state index in [0.29, 0.717) is 0 Å². The van der Waals surface area contributed by atoms with Crippen molar-refractivity contribution in [2.75, 3.05) is 0 Å². The van der Waals surface area contributed by atoms with Gasteiger partial charge in [0, 0.05) is 10.9 Å². The van der Waals surface area contributed by atoms with Gasteiger partial charge in [-0.15, -0.1) is 13.2 Å². The molecule has 0 atom stereocenters. The van der Waals surface area contributed by atoms with Crippen molar-refractivity contribution in [2.24, 2.45) is 0 Å². The van der Waals surface area contributed by atoms with Gasteiger partial charge in [0.05, 0.1) is 0 Å². The SMILES string of the molecule is FC(F)c1ccc(OC(F)(F)F)cc1CBr. The van der Waals surface area contributed by atoms with Crippen molar-refractivity contribution in [2.45, 2.75) is 18.1 Å². The van der Waals surface area contributed by atoms with Gasteiger partial charge in [-0.05, 0) is 23.8 Å². The van der Waals surface area contributed by atoms with Crippen molar-refractivity contribution in [1.29, 1.82) is 0 Å². The van der Waals surface area contributed by atoms with Crippen molar-refractivity contribution in [3.05, 3.63) is 29.3 Å². The van der Waals surface area contributed by atoms with E-state index < -0.39 is 18.5 Å². The number of hydrogen-bond donors (Lipinski definition) is 0. The van der Waals surface area contributed by atoms with Crippen molar-refractivity contribution in [3.63, 3.8) is 0 Å². The fourth-order valence-corrected chi connectivity index (χ4v) is 1.59. The molecule has 0 heterocycles. The minimum Gasteiger partial charge on any atom is -0.406 e. The number of benzene rings is 1. The van der Waals surface area contributed by atoms with Crippen LogP contribution < -0.4 is 4.74 Å². The maximum Gasteiger partial charge on any atom is 0.573 e. The Morgan fingerprint density at radius 1 is 1.25 bits per heavy atom. The Hall–Kier alpha value is -0.850. The van der Waals surface area contributed by atoms with Gasteiger partial charge in [-0.25, -0.2) is 8.78 Å². The molecular formula is C9H6BrF5O. The second-order valence-electron chi connectivity index (χ2n) is 2.84. The van der Waals surface area contributed by atoms with E-state index in [2.05, 4.69) is 20.7 Å². The van der Waals surface area contributed by atoms with Crippen LogP contribution in [0.1, 0.15) is 17.6 Å². The third-order valence-corrected chi connectivity index (χ3v) is 2.33. The summed E-state index contributed by atoms with van der Waals surface area (Å²) in [7, 11) is 0. The highest BCUT2D eigenvalue weighted by atomic mass is 79.9. The molecule has 7 heteroatoms. The van der Waals surface area contributed by atoms with Gasteiger partial charge >= 0.3 is 6.36 Å². The smallest absolute Gasteiger partial charge is 0.406 e. The van der Waals surface area contributed by atoms with Crippen molar-refractivity contribution in [3.8, 4) is 5.75 Å². The van der Waals surface area contributed by atoms with Crippen LogP contribution in [0, 0.1) is 0 Å². The molecule has 0 amide bonds. The van der Waals surface area contributed by atoms with Gasteiger partial charge in [0.1, 0.15) is 5.75 Å². The van der Waals surface area contributed by atoms with Gasteiger partial charge in [0.25, 0.3) is 6.43 Å². The molecule has 0 fully saturated rings. The van der Waals surface area contributed by atoms with Crippen LogP contribution in [0.25, 0.3) is 0 Å². The van der Waals surface area contributed by atoms with Gasteiger partial charge in [-0.2, -0.15) is 0 Å². The van der Waals surface area contributed by atoms with E-state index in [1.54, 1.807) is 0 Å². The molecule has 0 aliphatic rings. The first-order chi connectivity index (χ1) is 7.33. The van der Waals surface area contributed by atoms with E-state index in [9.17, 15) is 22.0 Å².